The maximum Gasteiger partial charge on any atom is 0.255 e. The van der Waals surface area contributed by atoms with E-state index in [-0.39, 0.29) is 52.5 Å². The first-order valence-corrected chi connectivity index (χ1v) is 15.2. The average Bonchev–Trinajstić information content (AvgIpc) is 3.24. The molecule has 222 valence electrons. The SMILES string of the molecule is Cc1ccc(CO/N=C/[C@]2(O)CC3CC[C@@H](C2)C3S(=O)(=O)c2cc(C(=O)Nc3cc(F)c(F)c(F)c3)ccc2Cl)cc1. The summed E-state index contributed by atoms with van der Waals surface area (Å²) in [7, 11) is -4.06. The molecule has 3 aromatic rings. The Kier molecular flexibility index (Phi) is 8.37. The number of aliphatic hydroxyl groups is 1. The average molecular weight is 621 g/mol. The maximum absolute atomic E-state index is 13.9. The fourth-order valence-corrected chi connectivity index (χ4v) is 8.80. The molecule has 4 atom stereocenters. The fourth-order valence-electron chi connectivity index (χ4n) is 5.95. The van der Waals surface area contributed by atoms with Gasteiger partial charge in [-0.2, -0.15) is 0 Å². The van der Waals surface area contributed by atoms with E-state index >= 15 is 0 Å². The van der Waals surface area contributed by atoms with Gasteiger partial charge in [-0.05, 0) is 68.2 Å². The third kappa shape index (κ3) is 6.18. The molecule has 12 heteroatoms. The molecule has 0 spiro atoms. The second-order valence-electron chi connectivity index (χ2n) is 11.0. The van der Waals surface area contributed by atoms with E-state index in [1.165, 1.54) is 18.3 Å². The third-order valence-corrected chi connectivity index (χ3v) is 10.8. The van der Waals surface area contributed by atoms with Crippen LogP contribution in [0.1, 0.15) is 47.2 Å². The molecule has 2 aliphatic carbocycles. The second kappa shape index (κ2) is 11.7. The number of halogens is 4. The number of nitrogens with zero attached hydrogens (tertiary/aromatic N) is 1. The van der Waals surface area contributed by atoms with Gasteiger partial charge in [-0.25, -0.2) is 21.6 Å². The van der Waals surface area contributed by atoms with Gasteiger partial charge >= 0.3 is 0 Å². The van der Waals surface area contributed by atoms with Gasteiger partial charge in [-0.1, -0.05) is 46.6 Å². The van der Waals surface area contributed by atoms with Crippen LogP contribution in [0.2, 0.25) is 5.02 Å². The normalized spacial score (nSPS) is 23.7. The van der Waals surface area contributed by atoms with Crippen molar-refractivity contribution in [2.45, 2.75) is 55.0 Å². The molecule has 0 aliphatic heterocycles. The number of hydrogen-bond acceptors (Lipinski definition) is 6. The fraction of sp³-hybridized carbons (Fsp3) is 0.333. The highest BCUT2D eigenvalue weighted by Crippen LogP contribution is 2.51. The van der Waals surface area contributed by atoms with E-state index in [1.54, 1.807) is 0 Å². The number of aryl methyl sites for hydroxylation is 1. The Morgan fingerprint density at radius 2 is 1.69 bits per heavy atom. The molecule has 2 N–H and O–H groups in total. The molecule has 2 aliphatic rings. The summed E-state index contributed by atoms with van der Waals surface area (Å²) in [6.45, 7) is 2.21. The third-order valence-electron chi connectivity index (χ3n) is 7.89. The van der Waals surface area contributed by atoms with Crippen LogP contribution in [-0.2, 0) is 21.3 Å². The monoisotopic (exact) mass is 620 g/mol. The van der Waals surface area contributed by atoms with Crippen LogP contribution >= 0.6 is 11.6 Å². The molecule has 5 rings (SSSR count). The van der Waals surface area contributed by atoms with Crippen LogP contribution in [0.15, 0.2) is 64.6 Å². The highest BCUT2D eigenvalue weighted by Gasteiger charge is 2.54. The molecule has 2 unspecified atom stereocenters. The quantitative estimate of drug-likeness (QED) is 0.177. The Bertz CT molecular complexity index is 1610. The van der Waals surface area contributed by atoms with E-state index < -0.39 is 44.0 Å². The highest BCUT2D eigenvalue weighted by molar-refractivity contribution is 7.92. The van der Waals surface area contributed by atoms with Gasteiger partial charge in [-0.15, -0.1) is 0 Å². The second-order valence-corrected chi connectivity index (χ2v) is 13.4. The van der Waals surface area contributed by atoms with Crippen LogP contribution in [0.4, 0.5) is 18.9 Å². The number of amides is 1. The molecule has 0 heterocycles. The number of carbonyl (C=O) groups is 1. The summed E-state index contributed by atoms with van der Waals surface area (Å²) in [5.74, 6) is -6.29. The minimum atomic E-state index is -4.06. The number of sulfone groups is 1. The number of oxime groups is 1. The van der Waals surface area contributed by atoms with Gasteiger partial charge < -0.3 is 15.3 Å². The molecule has 2 fully saturated rings. The molecule has 7 nitrogen and oxygen atoms in total. The van der Waals surface area contributed by atoms with E-state index in [0.29, 0.717) is 25.0 Å². The number of carbonyl (C=O) groups excluding carboxylic acids is 1. The Morgan fingerprint density at radius 1 is 1.07 bits per heavy atom. The number of rotatable bonds is 8. The number of benzene rings is 3. The van der Waals surface area contributed by atoms with Crippen molar-refractivity contribution in [2.75, 3.05) is 5.32 Å². The molecular weight excluding hydrogens is 593 g/mol. The summed E-state index contributed by atoms with van der Waals surface area (Å²) in [4.78, 5) is 17.9. The topological polar surface area (TPSA) is 105 Å². The summed E-state index contributed by atoms with van der Waals surface area (Å²) in [5, 5.41) is 16.5. The van der Waals surface area contributed by atoms with Gasteiger partial charge in [-0.3, -0.25) is 4.79 Å². The minimum Gasteiger partial charge on any atom is -0.391 e. The van der Waals surface area contributed by atoms with Gasteiger partial charge in [0.25, 0.3) is 5.91 Å². The van der Waals surface area contributed by atoms with E-state index in [9.17, 15) is 31.5 Å². The number of hydrogen-bond donors (Lipinski definition) is 2. The lowest BCUT2D eigenvalue weighted by molar-refractivity contribution is 0.0411. The smallest absolute Gasteiger partial charge is 0.255 e. The minimum absolute atomic E-state index is 0.0864. The van der Waals surface area contributed by atoms with Crippen molar-refractivity contribution < 1.29 is 36.3 Å². The summed E-state index contributed by atoms with van der Waals surface area (Å²) >= 11 is 6.30. The van der Waals surface area contributed by atoms with E-state index in [2.05, 4.69) is 10.5 Å². The zero-order valence-electron chi connectivity index (χ0n) is 22.5. The van der Waals surface area contributed by atoms with E-state index in [4.69, 9.17) is 16.4 Å². The molecule has 0 radical (unpaired) electrons. The van der Waals surface area contributed by atoms with Crippen LogP contribution in [0.25, 0.3) is 0 Å². The van der Waals surface area contributed by atoms with Gasteiger partial charge in [0.1, 0.15) is 12.2 Å². The Balaban J connectivity index is 1.30. The lowest BCUT2D eigenvalue weighted by Crippen LogP contribution is -2.47. The highest BCUT2D eigenvalue weighted by atomic mass is 35.5. The summed E-state index contributed by atoms with van der Waals surface area (Å²) < 4.78 is 68.2. The van der Waals surface area contributed by atoms with Crippen molar-refractivity contribution in [1.29, 1.82) is 0 Å². The Labute approximate surface area is 246 Å². The van der Waals surface area contributed by atoms with Crippen molar-refractivity contribution in [3.63, 3.8) is 0 Å². The molecule has 2 bridgehead atoms. The Morgan fingerprint density at radius 3 is 2.31 bits per heavy atom. The predicted octanol–water partition coefficient (Wildman–Crippen LogP) is 6.21. The van der Waals surface area contributed by atoms with Gasteiger partial charge in [0.15, 0.2) is 27.3 Å². The molecule has 3 aromatic carbocycles. The molecule has 42 heavy (non-hydrogen) atoms. The number of fused-ring (bicyclic) bond motifs is 2. The Hall–Kier alpha value is -3.41. The first-order chi connectivity index (χ1) is 19.9. The first-order valence-electron chi connectivity index (χ1n) is 13.3. The molecule has 2 saturated carbocycles. The first kappa shape index (κ1) is 30.1. The van der Waals surface area contributed by atoms with Crippen LogP contribution in [0.3, 0.4) is 0 Å². The number of anilines is 1. The van der Waals surface area contributed by atoms with Gasteiger partial charge in [0.05, 0.1) is 21.4 Å². The molecular formula is C30H28ClF3N2O5S. The van der Waals surface area contributed by atoms with Crippen LogP contribution in [0, 0.1) is 36.2 Å². The largest absolute Gasteiger partial charge is 0.391 e. The van der Waals surface area contributed by atoms with E-state index in [0.717, 1.165) is 17.2 Å². The summed E-state index contributed by atoms with van der Waals surface area (Å²) in [5.41, 5.74) is 0.236. The van der Waals surface area contributed by atoms with Crippen molar-refractivity contribution in [2.24, 2.45) is 17.0 Å². The van der Waals surface area contributed by atoms with Crippen molar-refractivity contribution in [1.82, 2.24) is 0 Å². The molecule has 0 aromatic heterocycles. The zero-order valence-corrected chi connectivity index (χ0v) is 24.1. The molecule has 0 saturated heterocycles. The predicted molar refractivity (Wildman–Crippen MR) is 152 cm³/mol. The van der Waals surface area contributed by atoms with Gasteiger partial charge in [0, 0.05) is 23.4 Å². The van der Waals surface area contributed by atoms with Crippen LogP contribution in [0.5, 0.6) is 0 Å². The molecule has 1 amide bonds. The lowest BCUT2D eigenvalue weighted by Gasteiger charge is -2.38. The standard InChI is InChI=1S/C30H28ClF3N2O5S/c1-17-2-4-18(5-3-17)15-41-35-16-30(38)13-20-6-7-21(14-30)28(20)42(39,40)26-10-19(8-9-23(26)31)29(37)36-22-11-24(32)27(34)25(33)12-22/h2-5,8-12,16,20-21,28,38H,6-7,13-15H2,1H3,(H,36,37)/b35-16+/t20-,21?,28?,30+/m0/s1. The maximum atomic E-state index is 13.9. The lowest BCUT2D eigenvalue weighted by atomic mass is 9.78. The van der Waals surface area contributed by atoms with Crippen molar-refractivity contribution in [3.8, 4) is 0 Å². The van der Waals surface area contributed by atoms with Crippen molar-refractivity contribution >= 4 is 39.2 Å². The summed E-state index contributed by atoms with van der Waals surface area (Å²) in [6, 6.07) is 12.6. The number of nitrogens with one attached hydrogen (secondary N) is 1. The summed E-state index contributed by atoms with van der Waals surface area (Å²) in [6.07, 6.45) is 2.81. The van der Waals surface area contributed by atoms with E-state index in [1.807, 2.05) is 31.2 Å². The van der Waals surface area contributed by atoms with Crippen LogP contribution in [-0.4, -0.2) is 36.5 Å². The van der Waals surface area contributed by atoms with Crippen molar-refractivity contribution in [3.05, 3.63) is 93.8 Å². The zero-order chi connectivity index (χ0) is 30.2. The van der Waals surface area contributed by atoms with Gasteiger partial charge in [0.2, 0.25) is 0 Å². The van der Waals surface area contributed by atoms with Crippen LogP contribution < -0.4 is 5.32 Å².